The van der Waals surface area contributed by atoms with Crippen LogP contribution in [0.2, 0.25) is 0 Å². The zero-order valence-electron chi connectivity index (χ0n) is 18.7. The van der Waals surface area contributed by atoms with Gasteiger partial charge in [-0.05, 0) is 60.5 Å². The van der Waals surface area contributed by atoms with E-state index in [1.54, 1.807) is 48.3 Å². The summed E-state index contributed by atoms with van der Waals surface area (Å²) in [5, 5.41) is 5.61. The van der Waals surface area contributed by atoms with E-state index in [1.807, 2.05) is 24.3 Å². The average Bonchev–Trinajstić information content (AvgIpc) is 3.30. The fourth-order valence-electron chi connectivity index (χ4n) is 3.45. The van der Waals surface area contributed by atoms with E-state index >= 15 is 0 Å². The van der Waals surface area contributed by atoms with Crippen LogP contribution in [0.25, 0.3) is 0 Å². The molecule has 0 aliphatic rings. The summed E-state index contributed by atoms with van der Waals surface area (Å²) in [5.74, 6) is -0.481. The second kappa shape index (κ2) is 9.99. The first-order valence-corrected chi connectivity index (χ1v) is 10.6. The minimum atomic E-state index is -0.372. The van der Waals surface area contributed by atoms with Gasteiger partial charge in [0.05, 0.1) is 19.0 Å². The Bertz CT molecular complexity index is 1330. The molecule has 3 aromatic carbocycles. The summed E-state index contributed by atoms with van der Waals surface area (Å²) in [7, 11) is 1.52. The van der Waals surface area contributed by atoms with Crippen LogP contribution in [0.3, 0.4) is 0 Å². The highest BCUT2D eigenvalue weighted by molar-refractivity contribution is 6.06. The third-order valence-electron chi connectivity index (χ3n) is 5.23. The summed E-state index contributed by atoms with van der Waals surface area (Å²) < 4.78 is 20.3. The minimum Gasteiger partial charge on any atom is -0.496 e. The number of ether oxygens (including phenoxy) is 1. The van der Waals surface area contributed by atoms with Crippen molar-refractivity contribution in [2.45, 2.75) is 13.5 Å². The van der Waals surface area contributed by atoms with Gasteiger partial charge in [-0.2, -0.15) is 0 Å². The number of hydrogen-bond acceptors (Lipinski definition) is 4. The number of halogens is 1. The average molecular weight is 458 g/mol. The standard InChI is InChI=1S/C26H23FN4O3/c1-17-13-19(27)9-12-22(17)30-26(33)23-15-31(16-28-23)14-18-7-10-20(11-8-18)29-25(32)21-5-3-4-6-24(21)34-2/h3-13,15-16H,14H2,1-2H3,(H,29,32)(H,30,33). The smallest absolute Gasteiger partial charge is 0.275 e. The van der Waals surface area contributed by atoms with Crippen molar-refractivity contribution in [3.63, 3.8) is 0 Å². The van der Waals surface area contributed by atoms with Crippen LogP contribution in [0.1, 0.15) is 32.0 Å². The van der Waals surface area contributed by atoms with E-state index in [9.17, 15) is 14.0 Å². The van der Waals surface area contributed by atoms with Crippen molar-refractivity contribution in [1.29, 1.82) is 0 Å². The van der Waals surface area contributed by atoms with Gasteiger partial charge < -0.3 is 19.9 Å². The lowest BCUT2D eigenvalue weighted by Crippen LogP contribution is -2.13. The number of aryl methyl sites for hydroxylation is 1. The van der Waals surface area contributed by atoms with E-state index in [1.165, 1.54) is 25.3 Å². The Morgan fingerprint density at radius 1 is 1.00 bits per heavy atom. The van der Waals surface area contributed by atoms with Crippen molar-refractivity contribution in [2.75, 3.05) is 17.7 Å². The van der Waals surface area contributed by atoms with Gasteiger partial charge in [-0.1, -0.05) is 24.3 Å². The second-order valence-corrected chi connectivity index (χ2v) is 7.70. The van der Waals surface area contributed by atoms with Crippen molar-refractivity contribution in [2.24, 2.45) is 0 Å². The van der Waals surface area contributed by atoms with Crippen LogP contribution in [-0.2, 0) is 6.54 Å². The Kier molecular flexibility index (Phi) is 6.68. The van der Waals surface area contributed by atoms with Crippen molar-refractivity contribution in [1.82, 2.24) is 9.55 Å². The third kappa shape index (κ3) is 5.29. The molecule has 0 radical (unpaired) electrons. The molecule has 0 bridgehead atoms. The van der Waals surface area contributed by atoms with Gasteiger partial charge in [0.1, 0.15) is 17.3 Å². The molecule has 172 valence electrons. The lowest BCUT2D eigenvalue weighted by molar-refractivity contribution is 0.101. The number of para-hydroxylation sites is 1. The van der Waals surface area contributed by atoms with Gasteiger partial charge in [0, 0.05) is 24.1 Å². The van der Waals surface area contributed by atoms with Crippen molar-refractivity contribution >= 4 is 23.2 Å². The number of aromatic nitrogens is 2. The fraction of sp³-hybridized carbons (Fsp3) is 0.115. The highest BCUT2D eigenvalue weighted by atomic mass is 19.1. The molecule has 0 aliphatic carbocycles. The topological polar surface area (TPSA) is 85.2 Å². The molecule has 34 heavy (non-hydrogen) atoms. The molecule has 8 heteroatoms. The molecule has 1 aromatic heterocycles. The number of anilines is 2. The Balaban J connectivity index is 1.37. The highest BCUT2D eigenvalue weighted by Crippen LogP contribution is 2.20. The Hall–Kier alpha value is -4.46. The highest BCUT2D eigenvalue weighted by Gasteiger charge is 2.13. The summed E-state index contributed by atoms with van der Waals surface area (Å²) in [6.45, 7) is 2.22. The number of carbonyl (C=O) groups excluding carboxylic acids is 2. The Morgan fingerprint density at radius 3 is 2.50 bits per heavy atom. The number of carbonyl (C=O) groups is 2. The molecule has 0 unspecified atom stereocenters. The van der Waals surface area contributed by atoms with Crippen LogP contribution >= 0.6 is 0 Å². The van der Waals surface area contributed by atoms with E-state index in [2.05, 4.69) is 15.6 Å². The van der Waals surface area contributed by atoms with Crippen LogP contribution in [-0.4, -0.2) is 28.5 Å². The van der Waals surface area contributed by atoms with E-state index in [4.69, 9.17) is 4.74 Å². The third-order valence-corrected chi connectivity index (χ3v) is 5.23. The molecule has 1 heterocycles. The summed E-state index contributed by atoms with van der Waals surface area (Å²) in [5.41, 5.74) is 3.49. The molecule has 4 rings (SSSR count). The van der Waals surface area contributed by atoms with Gasteiger partial charge in [0.15, 0.2) is 0 Å². The molecule has 0 fully saturated rings. The number of hydrogen-bond donors (Lipinski definition) is 2. The predicted octanol–water partition coefficient (Wildman–Crippen LogP) is 4.89. The van der Waals surface area contributed by atoms with Gasteiger partial charge in [0.25, 0.3) is 11.8 Å². The van der Waals surface area contributed by atoms with E-state index in [0.717, 1.165) is 5.56 Å². The molecular formula is C26H23FN4O3. The zero-order valence-corrected chi connectivity index (χ0v) is 18.7. The zero-order chi connectivity index (χ0) is 24.1. The first kappa shape index (κ1) is 22.7. The number of amides is 2. The van der Waals surface area contributed by atoms with Gasteiger partial charge in [-0.3, -0.25) is 9.59 Å². The van der Waals surface area contributed by atoms with E-state index in [0.29, 0.717) is 34.8 Å². The number of nitrogens with one attached hydrogen (secondary N) is 2. The number of benzene rings is 3. The Morgan fingerprint density at radius 2 is 1.76 bits per heavy atom. The maximum Gasteiger partial charge on any atom is 0.275 e. The molecule has 4 aromatic rings. The quantitative estimate of drug-likeness (QED) is 0.413. The van der Waals surface area contributed by atoms with Crippen LogP contribution in [0.5, 0.6) is 5.75 Å². The van der Waals surface area contributed by atoms with Crippen LogP contribution in [0.15, 0.2) is 79.3 Å². The normalized spacial score (nSPS) is 10.6. The first-order chi connectivity index (χ1) is 16.4. The minimum absolute atomic E-state index is 0.254. The largest absolute Gasteiger partial charge is 0.496 e. The number of methoxy groups -OCH3 is 1. The van der Waals surface area contributed by atoms with Gasteiger partial charge in [0.2, 0.25) is 0 Å². The maximum absolute atomic E-state index is 13.3. The number of imidazole rings is 1. The monoisotopic (exact) mass is 458 g/mol. The molecule has 0 saturated heterocycles. The Labute approximate surface area is 196 Å². The molecule has 2 N–H and O–H groups in total. The molecule has 2 amide bonds. The van der Waals surface area contributed by atoms with Gasteiger partial charge in [-0.25, -0.2) is 9.37 Å². The fourth-order valence-corrected chi connectivity index (χ4v) is 3.45. The first-order valence-electron chi connectivity index (χ1n) is 10.6. The van der Waals surface area contributed by atoms with Crippen molar-refractivity contribution < 1.29 is 18.7 Å². The molecule has 0 saturated carbocycles. The molecule has 0 spiro atoms. The number of rotatable bonds is 7. The van der Waals surface area contributed by atoms with Crippen molar-refractivity contribution in [3.8, 4) is 5.75 Å². The predicted molar refractivity (Wildman–Crippen MR) is 128 cm³/mol. The SMILES string of the molecule is COc1ccccc1C(=O)Nc1ccc(Cn2cnc(C(=O)Nc3ccc(F)cc3C)c2)cc1. The van der Waals surface area contributed by atoms with Crippen LogP contribution in [0.4, 0.5) is 15.8 Å². The number of nitrogens with zero attached hydrogens (tertiary/aromatic N) is 2. The molecule has 0 atom stereocenters. The lowest BCUT2D eigenvalue weighted by Gasteiger charge is -2.10. The van der Waals surface area contributed by atoms with Crippen LogP contribution in [0, 0.1) is 12.7 Å². The van der Waals surface area contributed by atoms with E-state index in [-0.39, 0.29) is 23.3 Å². The molecular weight excluding hydrogens is 435 g/mol. The van der Waals surface area contributed by atoms with E-state index < -0.39 is 0 Å². The lowest BCUT2D eigenvalue weighted by atomic mass is 10.1. The molecule has 0 aliphatic heterocycles. The van der Waals surface area contributed by atoms with Gasteiger partial charge >= 0.3 is 0 Å². The molecule has 7 nitrogen and oxygen atoms in total. The summed E-state index contributed by atoms with van der Waals surface area (Å²) in [6, 6.07) is 18.6. The van der Waals surface area contributed by atoms with Crippen LogP contribution < -0.4 is 15.4 Å². The summed E-state index contributed by atoms with van der Waals surface area (Å²) >= 11 is 0. The van der Waals surface area contributed by atoms with Crippen molar-refractivity contribution in [3.05, 3.63) is 107 Å². The maximum atomic E-state index is 13.3. The summed E-state index contributed by atoms with van der Waals surface area (Å²) in [6.07, 6.45) is 3.22. The summed E-state index contributed by atoms with van der Waals surface area (Å²) in [4.78, 5) is 29.2. The second-order valence-electron chi connectivity index (χ2n) is 7.70. The van der Waals surface area contributed by atoms with Gasteiger partial charge in [-0.15, -0.1) is 0 Å².